The molecule has 4 rings (SSSR count). The van der Waals surface area contributed by atoms with Crippen LogP contribution in [0.15, 0.2) is 66.0 Å². The first-order valence-corrected chi connectivity index (χ1v) is 16.5. The second-order valence-electron chi connectivity index (χ2n) is 12.2. The lowest BCUT2D eigenvalue weighted by molar-refractivity contribution is -0.152. The summed E-state index contributed by atoms with van der Waals surface area (Å²) < 4.78 is 41.1. The van der Waals surface area contributed by atoms with E-state index in [1.54, 1.807) is 89.0 Å². The van der Waals surface area contributed by atoms with Gasteiger partial charge in [-0.25, -0.2) is 23.2 Å². The molecule has 0 aliphatic heterocycles. The monoisotopic (exact) mass is 690 g/mol. The van der Waals surface area contributed by atoms with Crippen LogP contribution in [-0.4, -0.2) is 65.9 Å². The first kappa shape index (κ1) is 34.8. The molecule has 1 amide bonds. The maximum absolute atomic E-state index is 13.9. The first-order valence-electron chi connectivity index (χ1n) is 14.3. The Morgan fingerprint density at radius 3 is 2.17 bits per heavy atom. The molecule has 0 aliphatic carbocycles. The summed E-state index contributed by atoms with van der Waals surface area (Å²) in [4.78, 5) is 33.4. The van der Waals surface area contributed by atoms with E-state index in [1.807, 2.05) is 0 Å². The SMILES string of the molecule is CC(C)(C)OC(=O)CN(c1ccc2c(ccn2-c2cnc(NCCNC(=O)OC(C)(C)C)cn2)c1)S(=O)(=O)c1cc(Cl)cc(Cl)c1. The molecule has 15 heteroatoms. The van der Waals surface area contributed by atoms with Gasteiger partial charge in [0.25, 0.3) is 10.0 Å². The number of halogens is 2. The molecule has 2 aromatic carbocycles. The molecule has 0 radical (unpaired) electrons. The zero-order valence-corrected chi connectivity index (χ0v) is 28.6. The second-order valence-corrected chi connectivity index (χ2v) is 15.0. The maximum atomic E-state index is 13.9. The Morgan fingerprint density at radius 2 is 1.57 bits per heavy atom. The molecule has 0 fully saturated rings. The lowest BCUT2D eigenvalue weighted by Crippen LogP contribution is -2.39. The summed E-state index contributed by atoms with van der Waals surface area (Å²) in [5.74, 6) is 0.302. The van der Waals surface area contributed by atoms with Gasteiger partial charge in [-0.05, 0) is 84.0 Å². The van der Waals surface area contributed by atoms with Crippen LogP contribution in [0.1, 0.15) is 41.5 Å². The summed E-state index contributed by atoms with van der Waals surface area (Å²) in [6, 6.07) is 10.7. The maximum Gasteiger partial charge on any atom is 0.407 e. The molecule has 2 N–H and O–H groups in total. The van der Waals surface area contributed by atoms with Crippen molar-refractivity contribution in [3.05, 3.63) is 71.1 Å². The van der Waals surface area contributed by atoms with Crippen molar-refractivity contribution in [2.24, 2.45) is 0 Å². The molecule has 0 saturated carbocycles. The van der Waals surface area contributed by atoms with E-state index in [0.717, 1.165) is 9.82 Å². The van der Waals surface area contributed by atoms with E-state index in [4.69, 9.17) is 32.7 Å². The quantitative estimate of drug-likeness (QED) is 0.147. The Morgan fingerprint density at radius 1 is 0.891 bits per heavy atom. The van der Waals surface area contributed by atoms with Gasteiger partial charge in [0.1, 0.15) is 23.6 Å². The number of esters is 1. The predicted octanol–water partition coefficient (Wildman–Crippen LogP) is 6.20. The fourth-order valence-electron chi connectivity index (χ4n) is 4.30. The zero-order valence-electron chi connectivity index (χ0n) is 26.3. The summed E-state index contributed by atoms with van der Waals surface area (Å²) in [5, 5.41) is 6.70. The topological polar surface area (TPSA) is 145 Å². The molecule has 0 unspecified atom stereocenters. The van der Waals surface area contributed by atoms with E-state index in [9.17, 15) is 18.0 Å². The number of aromatic nitrogens is 3. The molecular formula is C31H36Cl2N6O6S. The summed E-state index contributed by atoms with van der Waals surface area (Å²) in [7, 11) is -4.29. The highest BCUT2D eigenvalue weighted by Crippen LogP contribution is 2.31. The number of carbonyl (C=O) groups excluding carboxylic acids is 2. The molecule has 12 nitrogen and oxygen atoms in total. The minimum absolute atomic E-state index is 0.135. The number of hydrogen-bond donors (Lipinski definition) is 2. The van der Waals surface area contributed by atoms with Gasteiger partial charge < -0.3 is 20.1 Å². The summed E-state index contributed by atoms with van der Waals surface area (Å²) in [6.45, 7) is 10.6. The number of alkyl carbamates (subject to hydrolysis) is 1. The lowest BCUT2D eigenvalue weighted by atomic mass is 10.2. The standard InChI is InChI=1S/C31H36Cl2N6O6S/c1-30(2,3)44-28(40)19-39(46(42,43)24-15-21(32)14-22(33)16-24)23-7-8-25-20(13-23)9-12-38(25)27-18-36-26(17-37-27)34-10-11-35-29(41)45-31(4,5)6/h7-9,12-18H,10-11,19H2,1-6H3,(H,34,36)(H,35,41). The number of benzene rings is 2. The van der Waals surface area contributed by atoms with E-state index in [0.29, 0.717) is 30.1 Å². The number of carbonyl (C=O) groups is 2. The van der Waals surface area contributed by atoms with E-state index in [-0.39, 0.29) is 20.6 Å². The molecule has 2 heterocycles. The van der Waals surface area contributed by atoms with Gasteiger partial charge in [0.15, 0.2) is 5.82 Å². The van der Waals surface area contributed by atoms with Crippen LogP contribution in [0.5, 0.6) is 0 Å². The van der Waals surface area contributed by atoms with Crippen molar-refractivity contribution in [2.45, 2.75) is 57.6 Å². The highest BCUT2D eigenvalue weighted by Gasteiger charge is 2.30. The van der Waals surface area contributed by atoms with Crippen LogP contribution in [0.3, 0.4) is 0 Å². The number of rotatable bonds is 10. The third kappa shape index (κ3) is 9.24. The van der Waals surface area contributed by atoms with Crippen LogP contribution >= 0.6 is 23.2 Å². The molecule has 0 bridgehead atoms. The van der Waals surface area contributed by atoms with Crippen molar-refractivity contribution in [1.82, 2.24) is 19.9 Å². The van der Waals surface area contributed by atoms with Gasteiger partial charge in [0.2, 0.25) is 0 Å². The summed E-state index contributed by atoms with van der Waals surface area (Å²) >= 11 is 12.2. The van der Waals surface area contributed by atoms with Crippen molar-refractivity contribution in [1.29, 1.82) is 0 Å². The largest absolute Gasteiger partial charge is 0.459 e. The molecule has 0 saturated heterocycles. The van der Waals surface area contributed by atoms with Crippen LogP contribution < -0.4 is 14.9 Å². The average molecular weight is 692 g/mol. The molecule has 4 aromatic rings. The normalized spacial score (nSPS) is 12.1. The van der Waals surface area contributed by atoms with Crippen LogP contribution in [0.2, 0.25) is 10.0 Å². The second kappa shape index (κ2) is 13.7. The summed E-state index contributed by atoms with van der Waals surface area (Å²) in [5.41, 5.74) is -0.444. The van der Waals surface area contributed by atoms with Crippen molar-refractivity contribution in [2.75, 3.05) is 29.3 Å². The Bertz CT molecular complexity index is 1810. The molecular weight excluding hydrogens is 655 g/mol. The predicted molar refractivity (Wildman–Crippen MR) is 178 cm³/mol. The smallest absolute Gasteiger partial charge is 0.407 e. The highest BCUT2D eigenvalue weighted by molar-refractivity contribution is 7.92. The van der Waals surface area contributed by atoms with Crippen LogP contribution in [-0.2, 0) is 24.3 Å². The van der Waals surface area contributed by atoms with E-state index in [1.165, 1.54) is 18.2 Å². The first-order chi connectivity index (χ1) is 21.4. The lowest BCUT2D eigenvalue weighted by Gasteiger charge is -2.26. The van der Waals surface area contributed by atoms with Crippen LogP contribution in [0.25, 0.3) is 16.7 Å². The number of hydrogen-bond acceptors (Lipinski definition) is 9. The minimum Gasteiger partial charge on any atom is -0.459 e. The van der Waals surface area contributed by atoms with Crippen molar-refractivity contribution < 1.29 is 27.5 Å². The van der Waals surface area contributed by atoms with Gasteiger partial charge in [0, 0.05) is 34.7 Å². The van der Waals surface area contributed by atoms with Gasteiger partial charge in [0.05, 0.1) is 28.5 Å². The van der Waals surface area contributed by atoms with Gasteiger partial charge in [-0.15, -0.1) is 0 Å². The fourth-order valence-corrected chi connectivity index (χ4v) is 6.43. The number of nitrogens with zero attached hydrogens (tertiary/aromatic N) is 4. The number of amides is 1. The third-order valence-electron chi connectivity index (χ3n) is 6.06. The van der Waals surface area contributed by atoms with Gasteiger partial charge in [-0.1, -0.05) is 23.2 Å². The zero-order chi connectivity index (χ0) is 33.9. The van der Waals surface area contributed by atoms with Crippen molar-refractivity contribution in [3.8, 4) is 5.82 Å². The number of ether oxygens (including phenoxy) is 2. The minimum atomic E-state index is -4.29. The Kier molecular flexibility index (Phi) is 10.4. The third-order valence-corrected chi connectivity index (χ3v) is 8.25. The van der Waals surface area contributed by atoms with Crippen molar-refractivity contribution >= 4 is 67.7 Å². The van der Waals surface area contributed by atoms with E-state index < -0.39 is 39.8 Å². The van der Waals surface area contributed by atoms with Crippen LogP contribution in [0, 0.1) is 0 Å². The average Bonchev–Trinajstić information content (AvgIpc) is 3.35. The van der Waals surface area contributed by atoms with Crippen molar-refractivity contribution in [3.63, 3.8) is 0 Å². The number of sulfonamides is 1. The Hall–Kier alpha value is -4.07. The number of anilines is 2. The molecule has 2 aromatic heterocycles. The summed E-state index contributed by atoms with van der Waals surface area (Å²) in [6.07, 6.45) is 4.42. The highest BCUT2D eigenvalue weighted by atomic mass is 35.5. The molecule has 246 valence electrons. The van der Waals surface area contributed by atoms with Gasteiger partial charge >= 0.3 is 12.1 Å². The van der Waals surface area contributed by atoms with E-state index >= 15 is 0 Å². The number of nitrogens with one attached hydrogen (secondary N) is 2. The molecule has 0 aliphatic rings. The Labute approximate surface area is 278 Å². The fraction of sp³-hybridized carbons (Fsp3) is 0.355. The molecule has 46 heavy (non-hydrogen) atoms. The Balaban J connectivity index is 1.55. The molecule has 0 spiro atoms. The number of fused-ring (bicyclic) bond motifs is 1. The van der Waals surface area contributed by atoms with E-state index in [2.05, 4.69) is 20.6 Å². The molecule has 0 atom stereocenters. The van der Waals surface area contributed by atoms with Crippen LogP contribution in [0.4, 0.5) is 16.3 Å². The van der Waals surface area contributed by atoms with Gasteiger partial charge in [-0.3, -0.25) is 13.7 Å². The van der Waals surface area contributed by atoms with Gasteiger partial charge in [-0.2, -0.15) is 0 Å².